The first-order valence-electron chi connectivity index (χ1n) is 6.44. The van der Waals surface area contributed by atoms with Gasteiger partial charge in [-0.15, -0.1) is 9.24 Å². The van der Waals surface area contributed by atoms with Crippen LogP contribution in [0.25, 0.3) is 0 Å². The van der Waals surface area contributed by atoms with E-state index in [2.05, 4.69) is 51.7 Å². The molecule has 3 heteroatoms. The Hall–Kier alpha value is -1.66. The third-order valence-electron chi connectivity index (χ3n) is 3.71. The number of carbonyl (C=O) groups is 1. The molecule has 1 aliphatic heterocycles. The molecule has 1 aliphatic rings. The van der Waals surface area contributed by atoms with Crippen molar-refractivity contribution in [3.05, 3.63) is 65.2 Å². The Kier molecular flexibility index (Phi) is 3.35. The van der Waals surface area contributed by atoms with Crippen molar-refractivity contribution in [2.75, 3.05) is 6.54 Å². The minimum absolute atomic E-state index is 0.0491. The van der Waals surface area contributed by atoms with E-state index < -0.39 is 0 Å². The van der Waals surface area contributed by atoms with Crippen LogP contribution in [0.2, 0.25) is 0 Å². The standard InChI is InChI=1S/C16H16NOP/c18-11-17-10-9-12-3-1-2-4-15(12)16(17)13-5-7-14(19)8-6-13/h1-8,11,16H,9-10,19H2/t16-/m0/s1. The number of carbonyl (C=O) groups excluding carboxylic acids is 1. The molecule has 1 amide bonds. The van der Waals surface area contributed by atoms with Crippen molar-refractivity contribution in [3.63, 3.8) is 0 Å². The fourth-order valence-corrected chi connectivity index (χ4v) is 2.94. The maximum Gasteiger partial charge on any atom is 0.210 e. The summed E-state index contributed by atoms with van der Waals surface area (Å²) in [5.41, 5.74) is 3.77. The molecule has 96 valence electrons. The Morgan fingerprint density at radius 1 is 1.11 bits per heavy atom. The van der Waals surface area contributed by atoms with E-state index in [1.54, 1.807) is 0 Å². The zero-order valence-corrected chi connectivity index (χ0v) is 11.8. The van der Waals surface area contributed by atoms with Crippen LogP contribution in [0.5, 0.6) is 0 Å². The lowest BCUT2D eigenvalue weighted by Crippen LogP contribution is -2.35. The molecular weight excluding hydrogens is 253 g/mol. The second kappa shape index (κ2) is 5.14. The Morgan fingerprint density at radius 3 is 2.58 bits per heavy atom. The van der Waals surface area contributed by atoms with Crippen LogP contribution in [-0.4, -0.2) is 17.9 Å². The zero-order valence-electron chi connectivity index (χ0n) is 10.6. The minimum atomic E-state index is 0.0491. The smallest absolute Gasteiger partial charge is 0.210 e. The number of nitrogens with zero attached hydrogens (tertiary/aromatic N) is 1. The number of fused-ring (bicyclic) bond motifs is 1. The predicted molar refractivity (Wildman–Crippen MR) is 80.5 cm³/mol. The lowest BCUT2D eigenvalue weighted by atomic mass is 9.89. The summed E-state index contributed by atoms with van der Waals surface area (Å²) in [6.45, 7) is 0.786. The van der Waals surface area contributed by atoms with Gasteiger partial charge in [0.05, 0.1) is 6.04 Å². The van der Waals surface area contributed by atoms with E-state index in [0.29, 0.717) is 0 Å². The van der Waals surface area contributed by atoms with Gasteiger partial charge in [0.1, 0.15) is 0 Å². The fourth-order valence-electron chi connectivity index (χ4n) is 2.75. The summed E-state index contributed by atoms with van der Waals surface area (Å²) in [5.74, 6) is 0. The molecule has 2 nitrogen and oxygen atoms in total. The summed E-state index contributed by atoms with van der Waals surface area (Å²) in [6.07, 6.45) is 1.91. The summed E-state index contributed by atoms with van der Waals surface area (Å²) in [7, 11) is 2.69. The van der Waals surface area contributed by atoms with E-state index in [1.807, 2.05) is 11.0 Å². The molecule has 0 aliphatic carbocycles. The maximum atomic E-state index is 11.3. The van der Waals surface area contributed by atoms with Crippen LogP contribution in [-0.2, 0) is 11.2 Å². The summed E-state index contributed by atoms with van der Waals surface area (Å²) >= 11 is 0. The molecule has 0 spiro atoms. The van der Waals surface area contributed by atoms with Gasteiger partial charge in [-0.25, -0.2) is 0 Å². The van der Waals surface area contributed by atoms with Gasteiger partial charge in [-0.1, -0.05) is 48.5 Å². The molecule has 0 aromatic heterocycles. The SMILES string of the molecule is O=CN1CCc2ccccc2[C@@H]1c1ccc(P)cc1. The van der Waals surface area contributed by atoms with Crippen LogP contribution in [0.3, 0.4) is 0 Å². The Labute approximate surface area is 115 Å². The first-order valence-corrected chi connectivity index (χ1v) is 7.01. The summed E-state index contributed by atoms with van der Waals surface area (Å²) in [5, 5.41) is 1.16. The lowest BCUT2D eigenvalue weighted by molar-refractivity contribution is -0.119. The molecule has 3 rings (SSSR count). The van der Waals surface area contributed by atoms with Gasteiger partial charge >= 0.3 is 0 Å². The molecule has 0 saturated heterocycles. The zero-order chi connectivity index (χ0) is 13.2. The monoisotopic (exact) mass is 269 g/mol. The average molecular weight is 269 g/mol. The van der Waals surface area contributed by atoms with Gasteiger partial charge < -0.3 is 4.90 Å². The average Bonchev–Trinajstić information content (AvgIpc) is 2.47. The highest BCUT2D eigenvalue weighted by Gasteiger charge is 2.27. The summed E-state index contributed by atoms with van der Waals surface area (Å²) < 4.78 is 0. The number of hydrogen-bond donors (Lipinski definition) is 0. The van der Waals surface area contributed by atoms with Crippen molar-refractivity contribution < 1.29 is 4.79 Å². The van der Waals surface area contributed by atoms with Crippen LogP contribution >= 0.6 is 9.24 Å². The maximum absolute atomic E-state index is 11.3. The first-order chi connectivity index (χ1) is 9.29. The third kappa shape index (κ3) is 2.29. The molecule has 0 saturated carbocycles. The first kappa shape index (κ1) is 12.4. The van der Waals surface area contributed by atoms with Crippen LogP contribution < -0.4 is 5.30 Å². The Balaban J connectivity index is 2.10. The third-order valence-corrected chi connectivity index (χ3v) is 4.09. The van der Waals surface area contributed by atoms with Crippen molar-refractivity contribution >= 4 is 21.0 Å². The van der Waals surface area contributed by atoms with Gasteiger partial charge in [0.15, 0.2) is 0 Å². The quantitative estimate of drug-likeness (QED) is 0.605. The normalized spacial score (nSPS) is 17.9. The van der Waals surface area contributed by atoms with E-state index >= 15 is 0 Å². The van der Waals surface area contributed by atoms with E-state index in [4.69, 9.17) is 0 Å². The van der Waals surface area contributed by atoms with Gasteiger partial charge in [-0.05, 0) is 28.4 Å². The van der Waals surface area contributed by atoms with E-state index in [-0.39, 0.29) is 6.04 Å². The minimum Gasteiger partial charge on any atom is -0.334 e. The van der Waals surface area contributed by atoms with Crippen LogP contribution in [0.15, 0.2) is 48.5 Å². The van der Waals surface area contributed by atoms with Gasteiger partial charge in [0, 0.05) is 6.54 Å². The molecule has 2 atom stereocenters. The van der Waals surface area contributed by atoms with Crippen molar-refractivity contribution in [1.29, 1.82) is 0 Å². The number of rotatable bonds is 2. The van der Waals surface area contributed by atoms with Crippen molar-refractivity contribution in [2.45, 2.75) is 12.5 Å². The Bertz CT molecular complexity index is 594. The molecule has 0 radical (unpaired) electrons. The summed E-state index contributed by atoms with van der Waals surface area (Å²) in [6, 6.07) is 16.8. The molecule has 2 aromatic rings. The fraction of sp³-hybridized carbons (Fsp3) is 0.188. The molecule has 1 unspecified atom stereocenters. The van der Waals surface area contributed by atoms with E-state index in [1.165, 1.54) is 16.7 Å². The van der Waals surface area contributed by atoms with Crippen molar-refractivity contribution in [3.8, 4) is 0 Å². The molecule has 2 aromatic carbocycles. The largest absolute Gasteiger partial charge is 0.334 e. The highest BCUT2D eigenvalue weighted by molar-refractivity contribution is 7.27. The molecule has 1 heterocycles. The molecule has 19 heavy (non-hydrogen) atoms. The predicted octanol–water partition coefficient (Wildman–Crippen LogP) is 2.29. The lowest BCUT2D eigenvalue weighted by Gasteiger charge is -2.35. The molecule has 0 N–H and O–H groups in total. The van der Waals surface area contributed by atoms with Crippen LogP contribution in [0, 0.1) is 0 Å². The van der Waals surface area contributed by atoms with Gasteiger partial charge in [-0.3, -0.25) is 4.79 Å². The van der Waals surface area contributed by atoms with E-state index in [0.717, 1.165) is 24.7 Å². The number of amides is 1. The topological polar surface area (TPSA) is 20.3 Å². The highest BCUT2D eigenvalue weighted by Crippen LogP contribution is 2.33. The number of benzene rings is 2. The van der Waals surface area contributed by atoms with Crippen LogP contribution in [0.1, 0.15) is 22.7 Å². The molecule has 0 bridgehead atoms. The molecule has 0 fully saturated rings. The Morgan fingerprint density at radius 2 is 1.84 bits per heavy atom. The number of hydrogen-bond acceptors (Lipinski definition) is 1. The van der Waals surface area contributed by atoms with Gasteiger partial charge in [-0.2, -0.15) is 0 Å². The second-order valence-corrected chi connectivity index (χ2v) is 5.53. The van der Waals surface area contributed by atoms with E-state index in [9.17, 15) is 4.79 Å². The van der Waals surface area contributed by atoms with Gasteiger partial charge in [0.25, 0.3) is 0 Å². The van der Waals surface area contributed by atoms with Gasteiger partial charge in [0.2, 0.25) is 6.41 Å². The second-order valence-electron chi connectivity index (χ2n) is 4.86. The summed E-state index contributed by atoms with van der Waals surface area (Å²) in [4.78, 5) is 13.2. The highest BCUT2D eigenvalue weighted by atomic mass is 31.0. The van der Waals surface area contributed by atoms with Crippen molar-refractivity contribution in [2.24, 2.45) is 0 Å². The van der Waals surface area contributed by atoms with Crippen LogP contribution in [0.4, 0.5) is 0 Å². The van der Waals surface area contributed by atoms with Crippen molar-refractivity contribution in [1.82, 2.24) is 4.90 Å². The molecular formula is C16H16NOP.